The smallest absolute Gasteiger partial charge is 0.434 e. The molecule has 0 bridgehead atoms. The lowest BCUT2D eigenvalue weighted by Gasteiger charge is -2.36. The topological polar surface area (TPSA) is 99.2 Å². The Morgan fingerprint density at radius 1 is 1.18 bits per heavy atom. The highest BCUT2D eigenvalue weighted by Crippen LogP contribution is 2.39. The lowest BCUT2D eigenvalue weighted by Crippen LogP contribution is -2.44. The Balaban J connectivity index is 2.21. The van der Waals surface area contributed by atoms with Crippen molar-refractivity contribution in [3.05, 3.63) is 59.2 Å². The predicted octanol–water partition coefficient (Wildman–Crippen LogP) is 7.78. The first-order valence-electron chi connectivity index (χ1n) is 12.5. The van der Waals surface area contributed by atoms with E-state index in [1.54, 1.807) is 49.6 Å². The molecule has 2 aromatic carbocycles. The molecule has 0 N–H and O–H groups in total. The number of amides is 1. The van der Waals surface area contributed by atoms with Crippen molar-refractivity contribution in [1.29, 1.82) is 0 Å². The zero-order chi connectivity index (χ0) is 29.0. The third kappa shape index (κ3) is 7.21. The fourth-order valence-electron chi connectivity index (χ4n) is 3.31. The molecule has 3 aromatic rings. The average Bonchev–Trinajstić information content (AvgIpc) is 3.33. The number of aliphatic imine (C=N–C) groups is 2. The maximum absolute atomic E-state index is 16.3. The normalized spacial score (nSPS) is 13.0. The Morgan fingerprint density at radius 2 is 1.85 bits per heavy atom. The van der Waals surface area contributed by atoms with E-state index in [1.165, 1.54) is 18.9 Å². The van der Waals surface area contributed by atoms with Gasteiger partial charge in [0.25, 0.3) is 8.32 Å². The molecule has 39 heavy (non-hydrogen) atoms. The summed E-state index contributed by atoms with van der Waals surface area (Å²) in [5.74, 6) is 0.528. The van der Waals surface area contributed by atoms with E-state index >= 15 is 4.39 Å². The number of benzene rings is 2. The summed E-state index contributed by atoms with van der Waals surface area (Å²) in [5.41, 5.74) is 2.52. The molecular weight excluding hydrogens is 535 g/mol. The molecule has 8 nitrogen and oxygen atoms in total. The van der Waals surface area contributed by atoms with Gasteiger partial charge < -0.3 is 13.7 Å². The molecule has 0 saturated heterocycles. The molecule has 0 atom stereocenters. The van der Waals surface area contributed by atoms with Crippen molar-refractivity contribution in [2.45, 2.75) is 59.2 Å². The van der Waals surface area contributed by atoms with E-state index in [2.05, 4.69) is 49.0 Å². The lowest BCUT2D eigenvalue weighted by molar-refractivity contribution is 0.183. The van der Waals surface area contributed by atoms with Crippen molar-refractivity contribution < 1.29 is 22.9 Å². The molecule has 0 unspecified atom stereocenters. The van der Waals surface area contributed by atoms with E-state index in [9.17, 15) is 4.79 Å². The molecule has 1 aromatic heterocycles. The number of carbonyl (C=O) groups is 1. The average molecular weight is 571 g/mol. The van der Waals surface area contributed by atoms with Gasteiger partial charge in [0.2, 0.25) is 11.7 Å². The molecule has 0 aliphatic rings. The number of rotatable bonds is 7. The number of methoxy groups -OCH3 is 1. The van der Waals surface area contributed by atoms with Crippen LogP contribution in [0.1, 0.15) is 44.7 Å². The monoisotopic (exact) mass is 570 g/mol. The molecule has 0 aliphatic heterocycles. The maximum Gasteiger partial charge on any atom is 0.434 e. The van der Waals surface area contributed by atoms with Crippen molar-refractivity contribution in [3.63, 3.8) is 0 Å². The van der Waals surface area contributed by atoms with Crippen LogP contribution >= 0.6 is 11.8 Å². The molecule has 0 radical (unpaired) electrons. The second kappa shape index (κ2) is 12.2. The fourth-order valence-corrected chi connectivity index (χ4v) is 4.83. The number of ether oxygens (including phenoxy) is 1. The quantitative estimate of drug-likeness (QED) is 0.162. The van der Waals surface area contributed by atoms with Gasteiger partial charge in [-0.15, -0.1) is 11.8 Å². The predicted molar refractivity (Wildman–Crippen MR) is 158 cm³/mol. The van der Waals surface area contributed by atoms with Crippen LogP contribution < -0.4 is 4.43 Å². The van der Waals surface area contributed by atoms with Crippen molar-refractivity contribution in [2.75, 3.05) is 13.4 Å². The highest BCUT2D eigenvalue weighted by molar-refractivity contribution is 8.15. The Hall–Kier alpha value is -3.31. The number of halogens is 1. The van der Waals surface area contributed by atoms with Gasteiger partial charge in [-0.1, -0.05) is 32.9 Å². The molecule has 1 amide bonds. The van der Waals surface area contributed by atoms with Crippen LogP contribution in [0.3, 0.4) is 0 Å². The first kappa shape index (κ1) is 30.2. The van der Waals surface area contributed by atoms with Crippen molar-refractivity contribution in [1.82, 2.24) is 10.1 Å². The number of carbonyl (C=O) groups excluding carboxylic acids is 1. The van der Waals surface area contributed by atoms with E-state index in [0.29, 0.717) is 23.8 Å². The van der Waals surface area contributed by atoms with Gasteiger partial charge in [-0.3, -0.25) is 0 Å². The van der Waals surface area contributed by atoms with Gasteiger partial charge in [-0.25, -0.2) is 14.2 Å². The van der Waals surface area contributed by atoms with Crippen LogP contribution in [0, 0.1) is 12.7 Å². The third-order valence-electron chi connectivity index (χ3n) is 6.59. The van der Waals surface area contributed by atoms with Gasteiger partial charge in [0.05, 0.1) is 12.8 Å². The lowest BCUT2D eigenvalue weighted by atomic mass is 10.0. The van der Waals surface area contributed by atoms with Gasteiger partial charge in [0, 0.05) is 18.1 Å². The number of nitrogens with zero attached hydrogens (tertiary/aromatic N) is 4. The SMILES string of the molecule is CCc1cc(O[Si](C)(C)C(C)(C)C)c(F)c(C(=Nc2ccc(-c3noc(C)n3)cc2)/C(=N/C(=O)OC)SC)c1. The first-order chi connectivity index (χ1) is 18.3. The van der Waals surface area contributed by atoms with Crippen molar-refractivity contribution in [2.24, 2.45) is 9.98 Å². The molecule has 3 rings (SSSR count). The summed E-state index contributed by atoms with van der Waals surface area (Å²) < 4.78 is 32.5. The minimum Gasteiger partial charge on any atom is -0.542 e. The molecule has 11 heteroatoms. The standard InChI is InChI=1S/C28H35FN4O4SSi/c1-10-18-15-21(23(29)22(16-18)37-39(8,9)28(3,4)5)24(26(38-7)32-27(34)35-6)31-20-13-11-19(12-14-20)25-30-17(2)36-33-25/h11-16H,10H2,1-9H3/b31-24?,32-26-. The van der Waals surface area contributed by atoms with Crippen LogP contribution in [0.5, 0.6) is 5.75 Å². The molecule has 0 saturated carbocycles. The molecule has 0 aliphatic carbocycles. The van der Waals surface area contributed by atoms with Crippen molar-refractivity contribution >= 4 is 42.6 Å². The summed E-state index contributed by atoms with van der Waals surface area (Å²) in [6.45, 7) is 14.1. The summed E-state index contributed by atoms with van der Waals surface area (Å²) >= 11 is 1.17. The number of hydrogen-bond donors (Lipinski definition) is 0. The highest BCUT2D eigenvalue weighted by Gasteiger charge is 2.40. The fraction of sp³-hybridized carbons (Fsp3) is 0.393. The number of aryl methyl sites for hydroxylation is 2. The zero-order valence-electron chi connectivity index (χ0n) is 23.9. The van der Waals surface area contributed by atoms with E-state index < -0.39 is 20.2 Å². The third-order valence-corrected chi connectivity index (χ3v) is 11.6. The van der Waals surface area contributed by atoms with Crippen LogP contribution in [-0.4, -0.2) is 48.7 Å². The van der Waals surface area contributed by atoms with E-state index in [0.717, 1.165) is 11.1 Å². The summed E-state index contributed by atoms with van der Waals surface area (Å²) in [4.78, 5) is 25.2. The van der Waals surface area contributed by atoms with E-state index in [4.69, 9.17) is 18.7 Å². The van der Waals surface area contributed by atoms with Crippen LogP contribution in [0.2, 0.25) is 18.1 Å². The number of thioether (sulfide) groups is 1. The van der Waals surface area contributed by atoms with Gasteiger partial charge in [0.1, 0.15) is 16.5 Å². The summed E-state index contributed by atoms with van der Waals surface area (Å²) in [6, 6.07) is 10.6. The molecule has 0 fully saturated rings. The van der Waals surface area contributed by atoms with Gasteiger partial charge in [-0.2, -0.15) is 9.98 Å². The minimum absolute atomic E-state index is 0.130. The van der Waals surface area contributed by atoms with Gasteiger partial charge in [-0.05, 0) is 72.8 Å². The molecular formula is C28H35FN4O4SSi. The Morgan fingerprint density at radius 3 is 2.36 bits per heavy atom. The maximum atomic E-state index is 16.3. The van der Waals surface area contributed by atoms with E-state index in [1.807, 2.05) is 6.92 Å². The summed E-state index contributed by atoms with van der Waals surface area (Å²) in [6.07, 6.45) is 1.59. The van der Waals surface area contributed by atoms with Crippen LogP contribution in [0.15, 0.2) is 50.9 Å². The van der Waals surface area contributed by atoms with Gasteiger partial charge >= 0.3 is 6.09 Å². The van der Waals surface area contributed by atoms with Crippen LogP contribution in [0.25, 0.3) is 11.4 Å². The number of aromatic nitrogens is 2. The second-order valence-electron chi connectivity index (χ2n) is 10.4. The van der Waals surface area contributed by atoms with Crippen molar-refractivity contribution in [3.8, 4) is 17.1 Å². The Bertz CT molecular complexity index is 1400. The molecule has 208 valence electrons. The van der Waals surface area contributed by atoms with E-state index in [-0.39, 0.29) is 27.1 Å². The largest absolute Gasteiger partial charge is 0.542 e. The highest BCUT2D eigenvalue weighted by atomic mass is 32.2. The molecule has 0 spiro atoms. The summed E-state index contributed by atoms with van der Waals surface area (Å²) in [7, 11) is -1.12. The number of hydrogen-bond acceptors (Lipinski definition) is 8. The Labute approximate surface area is 234 Å². The van der Waals surface area contributed by atoms with Gasteiger partial charge in [0.15, 0.2) is 5.82 Å². The minimum atomic E-state index is -2.36. The molecule has 1 heterocycles. The van der Waals surface area contributed by atoms with Crippen LogP contribution in [0.4, 0.5) is 14.9 Å². The Kier molecular flexibility index (Phi) is 9.50. The van der Waals surface area contributed by atoms with Crippen LogP contribution in [-0.2, 0) is 11.2 Å². The summed E-state index contributed by atoms with van der Waals surface area (Å²) in [5, 5.41) is 4.02. The zero-order valence-corrected chi connectivity index (χ0v) is 25.7. The first-order valence-corrected chi connectivity index (χ1v) is 16.6. The second-order valence-corrected chi connectivity index (χ2v) is 15.9.